The monoisotopic (exact) mass is 297 g/mol. The summed E-state index contributed by atoms with van der Waals surface area (Å²) < 4.78 is 27.8. The number of nitrogens with one attached hydrogen (secondary N) is 1. The summed E-state index contributed by atoms with van der Waals surface area (Å²) >= 11 is 1.07. The second-order valence-corrected chi connectivity index (χ2v) is 6.96. The van der Waals surface area contributed by atoms with E-state index in [9.17, 15) is 8.42 Å². The van der Waals surface area contributed by atoms with Crippen molar-refractivity contribution in [2.24, 2.45) is 0 Å². The predicted molar refractivity (Wildman–Crippen MR) is 78.0 cm³/mol. The summed E-state index contributed by atoms with van der Waals surface area (Å²) in [7, 11) is -3.36. The second-order valence-electron chi connectivity index (χ2n) is 3.97. The quantitative estimate of drug-likeness (QED) is 0.883. The summed E-state index contributed by atoms with van der Waals surface area (Å²) in [5, 5.41) is 3.59. The van der Waals surface area contributed by atoms with Gasteiger partial charge in [-0.2, -0.15) is 4.37 Å². The molecule has 19 heavy (non-hydrogen) atoms. The molecule has 0 atom stereocenters. The largest absolute Gasteiger partial charge is 0.382 e. The Morgan fingerprint density at radius 1 is 1.32 bits per heavy atom. The molecule has 0 bridgehead atoms. The normalized spacial score (nSPS) is 11.4. The Hall–Kier alpha value is -1.60. The van der Waals surface area contributed by atoms with Crippen molar-refractivity contribution in [1.82, 2.24) is 4.37 Å². The molecule has 3 N–H and O–H groups in total. The van der Waals surface area contributed by atoms with E-state index in [1.165, 1.54) is 0 Å². The van der Waals surface area contributed by atoms with Gasteiger partial charge in [0.05, 0.1) is 5.75 Å². The zero-order chi connectivity index (χ0) is 13.9. The van der Waals surface area contributed by atoms with Crippen LogP contribution in [0.1, 0.15) is 12.5 Å². The van der Waals surface area contributed by atoms with E-state index in [2.05, 4.69) is 9.69 Å². The maximum absolute atomic E-state index is 12.0. The Labute approximate surface area is 116 Å². The van der Waals surface area contributed by atoms with Crippen LogP contribution < -0.4 is 11.1 Å². The topological polar surface area (TPSA) is 85.1 Å². The van der Waals surface area contributed by atoms with Crippen LogP contribution in [0, 0.1) is 0 Å². The second kappa shape index (κ2) is 5.58. The van der Waals surface area contributed by atoms with Gasteiger partial charge >= 0.3 is 0 Å². The number of hydrogen-bond donors (Lipinski definition) is 2. The van der Waals surface area contributed by atoms with Crippen molar-refractivity contribution in [3.8, 4) is 0 Å². The number of nitrogen functional groups attached to an aromatic ring is 1. The first-order valence-corrected chi connectivity index (χ1v) is 8.23. The molecule has 7 heteroatoms. The Kier molecular flexibility index (Phi) is 4.06. The van der Waals surface area contributed by atoms with Crippen molar-refractivity contribution in [1.29, 1.82) is 0 Å². The van der Waals surface area contributed by atoms with Gasteiger partial charge in [0.15, 0.2) is 15.7 Å². The molecule has 2 aromatic rings. The van der Waals surface area contributed by atoms with Gasteiger partial charge in [0.1, 0.15) is 9.90 Å². The molecule has 2 rings (SSSR count). The van der Waals surface area contributed by atoms with E-state index in [1.54, 1.807) is 6.92 Å². The molecule has 0 saturated heterocycles. The summed E-state index contributed by atoms with van der Waals surface area (Å²) in [5.41, 5.74) is 6.72. The summed E-state index contributed by atoms with van der Waals surface area (Å²) in [4.78, 5) is 0.121. The first-order valence-electron chi connectivity index (χ1n) is 5.80. The zero-order valence-corrected chi connectivity index (χ0v) is 12.1. The average Bonchev–Trinajstić information content (AvgIpc) is 2.79. The smallest absolute Gasteiger partial charge is 0.184 e. The number of aromatic nitrogens is 1. The fraction of sp³-hybridized carbons (Fsp3) is 0.250. The third-order valence-corrected chi connectivity index (χ3v) is 5.40. The molecule has 5 nitrogen and oxygen atoms in total. The van der Waals surface area contributed by atoms with E-state index in [0.717, 1.165) is 17.1 Å². The summed E-state index contributed by atoms with van der Waals surface area (Å²) in [6.45, 7) is 2.13. The minimum atomic E-state index is -3.36. The number of nitrogens with zero attached hydrogens (tertiary/aromatic N) is 1. The average molecular weight is 297 g/mol. The zero-order valence-electron chi connectivity index (χ0n) is 10.5. The number of rotatable bonds is 5. The highest BCUT2D eigenvalue weighted by molar-refractivity contribution is 7.91. The van der Waals surface area contributed by atoms with Crippen LogP contribution in [0.4, 0.5) is 10.8 Å². The van der Waals surface area contributed by atoms with Crippen molar-refractivity contribution < 1.29 is 8.42 Å². The van der Waals surface area contributed by atoms with Crippen molar-refractivity contribution in [3.05, 3.63) is 35.9 Å². The van der Waals surface area contributed by atoms with Crippen LogP contribution in [0.25, 0.3) is 0 Å². The van der Waals surface area contributed by atoms with Gasteiger partial charge in [-0.1, -0.05) is 37.3 Å². The summed E-state index contributed by atoms with van der Waals surface area (Å²) in [5.74, 6) is 0.0812. The van der Waals surface area contributed by atoms with E-state index in [0.29, 0.717) is 11.5 Å². The van der Waals surface area contributed by atoms with Crippen molar-refractivity contribution in [3.63, 3.8) is 0 Å². The Bertz CT molecular complexity index is 651. The van der Waals surface area contributed by atoms with E-state index >= 15 is 0 Å². The molecule has 0 saturated carbocycles. The van der Waals surface area contributed by atoms with Crippen molar-refractivity contribution >= 4 is 32.2 Å². The van der Waals surface area contributed by atoms with Gasteiger partial charge in [0.25, 0.3) is 0 Å². The fourth-order valence-electron chi connectivity index (χ4n) is 1.63. The molecule has 0 aliphatic heterocycles. The molecule has 0 unspecified atom stereocenters. The standard InChI is InChI=1S/C12H15N3O2S2/c1-2-19(16,17)10-11(13)15-18-12(10)14-8-9-6-4-3-5-7-9/h3-7,14H,2,8H2,1H3,(H2,13,15). The highest BCUT2D eigenvalue weighted by Crippen LogP contribution is 2.32. The maximum Gasteiger partial charge on any atom is 0.184 e. The number of anilines is 2. The van der Waals surface area contributed by atoms with Crippen LogP contribution in [-0.2, 0) is 16.4 Å². The molecule has 0 radical (unpaired) electrons. The van der Waals surface area contributed by atoms with Crippen LogP contribution in [0.5, 0.6) is 0 Å². The highest BCUT2D eigenvalue weighted by Gasteiger charge is 2.23. The molecular formula is C12H15N3O2S2. The molecule has 0 aliphatic carbocycles. The number of benzene rings is 1. The van der Waals surface area contributed by atoms with Gasteiger partial charge in [-0.05, 0) is 17.1 Å². The van der Waals surface area contributed by atoms with Gasteiger partial charge in [-0.25, -0.2) is 8.42 Å². The lowest BCUT2D eigenvalue weighted by atomic mass is 10.2. The van der Waals surface area contributed by atoms with Gasteiger partial charge < -0.3 is 11.1 Å². The van der Waals surface area contributed by atoms with Crippen LogP contribution in [-0.4, -0.2) is 18.5 Å². The third-order valence-electron chi connectivity index (χ3n) is 2.66. The molecular weight excluding hydrogens is 282 g/mol. The summed E-state index contributed by atoms with van der Waals surface area (Å²) in [6.07, 6.45) is 0. The third kappa shape index (κ3) is 3.05. The van der Waals surface area contributed by atoms with Gasteiger partial charge in [0, 0.05) is 6.54 Å². The lowest BCUT2D eigenvalue weighted by Gasteiger charge is -2.07. The van der Waals surface area contributed by atoms with E-state index in [1.807, 2.05) is 30.3 Å². The van der Waals surface area contributed by atoms with Gasteiger partial charge in [0.2, 0.25) is 0 Å². The SMILES string of the molecule is CCS(=O)(=O)c1c(N)nsc1NCc1ccccc1. The van der Waals surface area contributed by atoms with Crippen LogP contribution in [0.15, 0.2) is 35.2 Å². The van der Waals surface area contributed by atoms with Gasteiger partial charge in [-0.3, -0.25) is 0 Å². The minimum absolute atomic E-state index is 0.00955. The fourth-order valence-corrected chi connectivity index (χ4v) is 3.79. The Morgan fingerprint density at radius 3 is 2.63 bits per heavy atom. The molecule has 1 aromatic carbocycles. The van der Waals surface area contributed by atoms with E-state index < -0.39 is 9.84 Å². The molecule has 1 heterocycles. The molecule has 102 valence electrons. The Balaban J connectivity index is 2.23. The van der Waals surface area contributed by atoms with Crippen LogP contribution in [0.3, 0.4) is 0 Å². The minimum Gasteiger partial charge on any atom is -0.382 e. The van der Waals surface area contributed by atoms with Crippen molar-refractivity contribution in [2.75, 3.05) is 16.8 Å². The molecule has 1 aromatic heterocycles. The number of nitrogens with two attached hydrogens (primary N) is 1. The lowest BCUT2D eigenvalue weighted by Crippen LogP contribution is -2.09. The van der Waals surface area contributed by atoms with E-state index in [4.69, 9.17) is 5.73 Å². The first kappa shape index (κ1) is 13.8. The maximum atomic E-state index is 12.0. The lowest BCUT2D eigenvalue weighted by molar-refractivity contribution is 0.598. The van der Waals surface area contributed by atoms with E-state index in [-0.39, 0.29) is 16.5 Å². The molecule has 0 spiro atoms. The van der Waals surface area contributed by atoms with Crippen molar-refractivity contribution in [2.45, 2.75) is 18.4 Å². The number of hydrogen-bond acceptors (Lipinski definition) is 6. The molecule has 0 fully saturated rings. The Morgan fingerprint density at radius 2 is 2.00 bits per heavy atom. The molecule has 0 aliphatic rings. The number of sulfone groups is 1. The van der Waals surface area contributed by atoms with Gasteiger partial charge in [-0.15, -0.1) is 0 Å². The summed E-state index contributed by atoms with van der Waals surface area (Å²) in [6, 6.07) is 9.72. The first-order chi connectivity index (χ1) is 9.04. The highest BCUT2D eigenvalue weighted by atomic mass is 32.2. The van der Waals surface area contributed by atoms with Crippen LogP contribution in [0.2, 0.25) is 0 Å². The predicted octanol–water partition coefficient (Wildman–Crippen LogP) is 2.13. The van der Waals surface area contributed by atoms with Crippen LogP contribution >= 0.6 is 11.5 Å². The molecule has 0 amide bonds.